The third-order valence-corrected chi connectivity index (χ3v) is 6.09. The molecule has 11 heteroatoms. The van der Waals surface area contributed by atoms with Crippen molar-refractivity contribution in [3.05, 3.63) is 53.6 Å². The van der Waals surface area contributed by atoms with Crippen LogP contribution in [0.4, 0.5) is 11.4 Å². The van der Waals surface area contributed by atoms with Crippen LogP contribution in [0.15, 0.2) is 51.8 Å². The van der Waals surface area contributed by atoms with E-state index in [9.17, 15) is 21.6 Å². The number of sulfonamides is 2. The van der Waals surface area contributed by atoms with Crippen molar-refractivity contribution in [1.82, 2.24) is 4.90 Å². The van der Waals surface area contributed by atoms with Gasteiger partial charge in [-0.1, -0.05) is 18.2 Å². The zero-order valence-electron chi connectivity index (χ0n) is 16.0. The van der Waals surface area contributed by atoms with Gasteiger partial charge >= 0.3 is 0 Å². The highest BCUT2D eigenvalue weighted by Crippen LogP contribution is 2.27. The highest BCUT2D eigenvalue weighted by Gasteiger charge is 2.30. The van der Waals surface area contributed by atoms with Gasteiger partial charge in [-0.15, -0.1) is 4.40 Å². The third kappa shape index (κ3) is 4.74. The van der Waals surface area contributed by atoms with Crippen molar-refractivity contribution in [3.63, 3.8) is 0 Å². The molecule has 0 fully saturated rings. The predicted molar refractivity (Wildman–Crippen MR) is 111 cm³/mol. The van der Waals surface area contributed by atoms with E-state index in [4.69, 9.17) is 0 Å². The zero-order valence-corrected chi connectivity index (χ0v) is 17.6. The lowest BCUT2D eigenvalue weighted by Gasteiger charge is -2.19. The Morgan fingerprint density at radius 3 is 2.55 bits per heavy atom. The molecule has 0 spiro atoms. The van der Waals surface area contributed by atoms with E-state index >= 15 is 0 Å². The molecule has 1 aliphatic heterocycles. The molecule has 0 aliphatic carbocycles. The molecular formula is C18H20N4O5S2. The van der Waals surface area contributed by atoms with Crippen molar-refractivity contribution in [2.45, 2.75) is 11.8 Å². The van der Waals surface area contributed by atoms with Crippen LogP contribution < -0.4 is 10.0 Å². The number of nitrogens with one attached hydrogen (secondary N) is 2. The number of amides is 1. The molecule has 1 amide bonds. The number of carbonyl (C=O) groups excluding carboxylic acids is 1. The smallest absolute Gasteiger partial charge is 0.285 e. The topological polar surface area (TPSA) is 125 Å². The molecule has 0 bridgehead atoms. The van der Waals surface area contributed by atoms with Gasteiger partial charge in [-0.3, -0.25) is 9.52 Å². The summed E-state index contributed by atoms with van der Waals surface area (Å²) in [4.78, 5) is 14.0. The first-order chi connectivity index (χ1) is 13.5. The summed E-state index contributed by atoms with van der Waals surface area (Å²) >= 11 is 0. The van der Waals surface area contributed by atoms with E-state index in [0.717, 1.165) is 6.26 Å². The molecule has 0 unspecified atom stereocenters. The third-order valence-electron chi connectivity index (χ3n) is 4.17. The van der Waals surface area contributed by atoms with Gasteiger partial charge in [0.15, 0.2) is 5.84 Å². The van der Waals surface area contributed by atoms with Crippen LogP contribution in [0.1, 0.15) is 11.1 Å². The van der Waals surface area contributed by atoms with Crippen molar-refractivity contribution in [2.75, 3.05) is 29.9 Å². The number of nitrogens with zero attached hydrogens (tertiary/aromatic N) is 2. The average molecular weight is 437 g/mol. The summed E-state index contributed by atoms with van der Waals surface area (Å²) in [5.74, 6) is -0.217. The highest BCUT2D eigenvalue weighted by molar-refractivity contribution is 7.92. The van der Waals surface area contributed by atoms with Crippen LogP contribution >= 0.6 is 0 Å². The van der Waals surface area contributed by atoms with Crippen LogP contribution in [0.2, 0.25) is 0 Å². The number of anilines is 2. The van der Waals surface area contributed by atoms with E-state index in [1.807, 2.05) is 0 Å². The number of rotatable bonds is 5. The van der Waals surface area contributed by atoms with Gasteiger partial charge < -0.3 is 10.2 Å². The molecule has 3 rings (SSSR count). The highest BCUT2D eigenvalue weighted by atomic mass is 32.2. The first-order valence-corrected chi connectivity index (χ1v) is 11.8. The van der Waals surface area contributed by atoms with Gasteiger partial charge in [0, 0.05) is 18.3 Å². The standard InChI is InChI=1S/C18H20N4O5S2/c1-12-8-9-13(10-15(12)20-28(3,24)25)19-17(23)11-22(2)18-14-6-4-5-7-16(14)29(26,27)21-18/h4-10,20H,11H2,1-3H3,(H,19,23). The molecule has 9 nitrogen and oxygen atoms in total. The first-order valence-electron chi connectivity index (χ1n) is 8.50. The molecule has 154 valence electrons. The van der Waals surface area contributed by atoms with Crippen molar-refractivity contribution < 1.29 is 21.6 Å². The Morgan fingerprint density at radius 1 is 1.17 bits per heavy atom. The number of aryl methyl sites for hydroxylation is 1. The van der Waals surface area contributed by atoms with Crippen molar-refractivity contribution in [3.8, 4) is 0 Å². The lowest BCUT2D eigenvalue weighted by Crippen LogP contribution is -2.34. The molecule has 2 N–H and O–H groups in total. The van der Waals surface area contributed by atoms with E-state index in [1.54, 1.807) is 44.3 Å². The Balaban J connectivity index is 1.74. The Labute approximate surface area is 169 Å². The van der Waals surface area contributed by atoms with E-state index in [-0.39, 0.29) is 17.3 Å². The Bertz CT molecular complexity index is 1220. The van der Waals surface area contributed by atoms with Gasteiger partial charge in [0.05, 0.1) is 18.5 Å². The molecule has 2 aromatic carbocycles. The maximum atomic E-state index is 12.4. The number of fused-ring (bicyclic) bond motifs is 1. The van der Waals surface area contributed by atoms with Crippen molar-refractivity contribution >= 4 is 43.2 Å². The number of hydrogen-bond acceptors (Lipinski definition) is 6. The Morgan fingerprint density at radius 2 is 1.86 bits per heavy atom. The average Bonchev–Trinajstić information content (AvgIpc) is 2.88. The fourth-order valence-electron chi connectivity index (χ4n) is 2.86. The van der Waals surface area contributed by atoms with Crippen LogP contribution in [0.3, 0.4) is 0 Å². The largest absolute Gasteiger partial charge is 0.349 e. The van der Waals surface area contributed by atoms with Crippen molar-refractivity contribution in [2.24, 2.45) is 4.40 Å². The second-order valence-electron chi connectivity index (χ2n) is 6.69. The first kappa shape index (κ1) is 20.8. The minimum atomic E-state index is -3.77. The summed E-state index contributed by atoms with van der Waals surface area (Å²) in [6.45, 7) is 1.59. The summed E-state index contributed by atoms with van der Waals surface area (Å²) in [6, 6.07) is 11.3. The van der Waals surface area contributed by atoms with Gasteiger partial charge in [-0.05, 0) is 36.8 Å². The fourth-order valence-corrected chi connectivity index (χ4v) is 4.73. The molecule has 0 saturated heterocycles. The molecule has 0 aromatic heterocycles. The summed E-state index contributed by atoms with van der Waals surface area (Å²) in [7, 11) is -5.66. The molecule has 29 heavy (non-hydrogen) atoms. The van der Waals surface area contributed by atoms with Crippen LogP contribution in [0.25, 0.3) is 0 Å². The second-order valence-corrected chi connectivity index (χ2v) is 10.0. The number of likely N-dealkylation sites (N-methyl/N-ethyl adjacent to an activating group) is 1. The van der Waals surface area contributed by atoms with Gasteiger partial charge in [-0.2, -0.15) is 8.42 Å². The normalized spacial score (nSPS) is 14.7. The number of benzene rings is 2. The fraction of sp³-hybridized carbons (Fsp3) is 0.222. The van der Waals surface area contributed by atoms with E-state index in [1.165, 1.54) is 17.0 Å². The SMILES string of the molecule is Cc1ccc(NC(=O)CN(C)C2=NS(=O)(=O)c3ccccc32)cc1NS(C)(=O)=O. The minimum absolute atomic E-state index is 0.109. The summed E-state index contributed by atoms with van der Waals surface area (Å²) in [5.41, 5.74) is 1.91. The van der Waals surface area contributed by atoms with E-state index in [0.29, 0.717) is 22.5 Å². The molecule has 2 aromatic rings. The van der Waals surface area contributed by atoms with Gasteiger partial charge in [0.2, 0.25) is 15.9 Å². The Hall–Kier alpha value is -2.92. The monoisotopic (exact) mass is 436 g/mol. The summed E-state index contributed by atoms with van der Waals surface area (Å²) in [5, 5.41) is 2.67. The number of carbonyl (C=O) groups is 1. The van der Waals surface area contributed by atoms with E-state index < -0.39 is 26.0 Å². The second kappa shape index (κ2) is 7.48. The zero-order chi connectivity index (χ0) is 21.4. The number of hydrogen-bond donors (Lipinski definition) is 2. The van der Waals surface area contributed by atoms with Gasteiger partial charge in [-0.25, -0.2) is 8.42 Å². The molecule has 0 radical (unpaired) electrons. The minimum Gasteiger partial charge on any atom is -0.349 e. The van der Waals surface area contributed by atoms with Crippen molar-refractivity contribution in [1.29, 1.82) is 0 Å². The maximum absolute atomic E-state index is 12.4. The summed E-state index contributed by atoms with van der Waals surface area (Å²) in [6.07, 6.45) is 1.04. The molecule has 1 heterocycles. The van der Waals surface area contributed by atoms with E-state index in [2.05, 4.69) is 14.4 Å². The van der Waals surface area contributed by atoms with Crippen LogP contribution in [0.5, 0.6) is 0 Å². The van der Waals surface area contributed by atoms with Gasteiger partial charge in [0.25, 0.3) is 10.0 Å². The quantitative estimate of drug-likeness (QED) is 0.730. The predicted octanol–water partition coefficient (Wildman–Crippen LogP) is 1.39. The summed E-state index contributed by atoms with van der Waals surface area (Å²) < 4.78 is 53.4. The maximum Gasteiger partial charge on any atom is 0.285 e. The molecule has 0 saturated carbocycles. The lowest BCUT2D eigenvalue weighted by molar-refractivity contribution is -0.116. The molecular weight excluding hydrogens is 416 g/mol. The Kier molecular flexibility index (Phi) is 5.37. The van der Waals surface area contributed by atoms with Crippen LogP contribution in [-0.4, -0.2) is 53.3 Å². The van der Waals surface area contributed by atoms with Gasteiger partial charge in [0.1, 0.15) is 4.90 Å². The molecule has 0 atom stereocenters. The van der Waals surface area contributed by atoms with Crippen LogP contribution in [0, 0.1) is 6.92 Å². The lowest BCUT2D eigenvalue weighted by atomic mass is 10.2. The number of amidine groups is 1. The molecule has 1 aliphatic rings. The van der Waals surface area contributed by atoms with Crippen LogP contribution in [-0.2, 0) is 24.8 Å².